The zero-order chi connectivity index (χ0) is 25.8. The van der Waals surface area contributed by atoms with Crippen molar-refractivity contribution in [2.24, 2.45) is 5.92 Å². The number of methoxy groups -OCH3 is 2. The van der Waals surface area contributed by atoms with Gasteiger partial charge in [-0.1, -0.05) is 13.8 Å². The molecule has 5 rings (SSSR count). The van der Waals surface area contributed by atoms with Crippen LogP contribution in [0.5, 0.6) is 23.0 Å². The first-order valence-corrected chi connectivity index (χ1v) is 11.8. The molecule has 192 valence electrons. The van der Waals surface area contributed by atoms with Gasteiger partial charge in [0.25, 0.3) is 11.8 Å². The van der Waals surface area contributed by atoms with Crippen LogP contribution in [0.25, 0.3) is 0 Å². The van der Waals surface area contributed by atoms with Crippen molar-refractivity contribution in [2.75, 3.05) is 33.9 Å². The fraction of sp³-hybridized carbons (Fsp3) is 0.423. The number of amides is 3. The first kappa shape index (κ1) is 25.2. The Bertz CT molecular complexity index is 1150. The highest BCUT2D eigenvalue weighted by Crippen LogP contribution is 2.28. The average molecular weight is 498 g/mol. The van der Waals surface area contributed by atoms with Crippen LogP contribution in [0.15, 0.2) is 36.4 Å². The fourth-order valence-corrected chi connectivity index (χ4v) is 4.25. The molecule has 0 radical (unpaired) electrons. The summed E-state index contributed by atoms with van der Waals surface area (Å²) in [6, 6.07) is 9.59. The Balaban J connectivity index is 1.69. The SMILES string of the molecule is COc1cc2cc(c1)C(=O)N[C@H]1CN(C(=O)C(C)C)C[C@@H]1Oc1ccc(c(OC)c1)CNC(=O)CO2. The molecule has 0 saturated carbocycles. The quantitative estimate of drug-likeness (QED) is 0.664. The third-order valence-electron chi connectivity index (χ3n) is 6.16. The highest BCUT2D eigenvalue weighted by atomic mass is 16.5. The second kappa shape index (κ2) is 10.8. The van der Waals surface area contributed by atoms with Crippen LogP contribution in [0.1, 0.15) is 29.8 Å². The number of nitrogens with one attached hydrogen (secondary N) is 2. The summed E-state index contributed by atoms with van der Waals surface area (Å²) in [5, 5.41) is 5.81. The van der Waals surface area contributed by atoms with E-state index >= 15 is 0 Å². The van der Waals surface area contributed by atoms with E-state index in [0.717, 1.165) is 5.56 Å². The topological polar surface area (TPSA) is 115 Å². The molecule has 3 heterocycles. The number of hydrogen-bond donors (Lipinski definition) is 2. The molecule has 0 aliphatic carbocycles. The zero-order valence-corrected chi connectivity index (χ0v) is 20.8. The van der Waals surface area contributed by atoms with Gasteiger partial charge >= 0.3 is 0 Å². The molecule has 2 N–H and O–H groups in total. The van der Waals surface area contributed by atoms with Crippen LogP contribution in [0, 0.1) is 5.92 Å². The lowest BCUT2D eigenvalue weighted by molar-refractivity contribution is -0.133. The second-order valence-electron chi connectivity index (χ2n) is 9.07. The molecule has 1 fully saturated rings. The van der Waals surface area contributed by atoms with Gasteiger partial charge in [0.05, 0.1) is 26.8 Å². The van der Waals surface area contributed by atoms with Gasteiger partial charge in [-0.2, -0.15) is 0 Å². The summed E-state index contributed by atoms with van der Waals surface area (Å²) < 4.78 is 22.7. The van der Waals surface area contributed by atoms with Crippen molar-refractivity contribution in [1.29, 1.82) is 0 Å². The van der Waals surface area contributed by atoms with Gasteiger partial charge in [-0.3, -0.25) is 14.4 Å². The number of nitrogens with zero attached hydrogens (tertiary/aromatic N) is 1. The van der Waals surface area contributed by atoms with E-state index in [1.807, 2.05) is 13.8 Å². The smallest absolute Gasteiger partial charge is 0.258 e. The van der Waals surface area contributed by atoms with Crippen molar-refractivity contribution in [1.82, 2.24) is 15.5 Å². The van der Waals surface area contributed by atoms with Crippen molar-refractivity contribution in [3.05, 3.63) is 47.5 Å². The van der Waals surface area contributed by atoms with Crippen LogP contribution in [-0.4, -0.2) is 68.7 Å². The van der Waals surface area contributed by atoms with E-state index in [9.17, 15) is 14.4 Å². The molecule has 3 aliphatic rings. The lowest BCUT2D eigenvalue weighted by Gasteiger charge is -2.22. The first-order valence-electron chi connectivity index (χ1n) is 11.8. The minimum absolute atomic E-state index is 0.0109. The predicted molar refractivity (Wildman–Crippen MR) is 130 cm³/mol. The summed E-state index contributed by atoms with van der Waals surface area (Å²) in [6.07, 6.45) is -0.482. The summed E-state index contributed by atoms with van der Waals surface area (Å²) in [4.78, 5) is 40.1. The molecule has 36 heavy (non-hydrogen) atoms. The van der Waals surface area contributed by atoms with Crippen molar-refractivity contribution >= 4 is 17.7 Å². The largest absolute Gasteiger partial charge is 0.497 e. The summed E-state index contributed by atoms with van der Waals surface area (Å²) in [6.45, 7) is 4.32. The van der Waals surface area contributed by atoms with E-state index < -0.39 is 12.1 Å². The number of rotatable bonds is 3. The molecular weight excluding hydrogens is 466 g/mol. The normalized spacial score (nSPS) is 20.0. The van der Waals surface area contributed by atoms with Gasteiger partial charge in [0.2, 0.25) is 5.91 Å². The molecule has 0 spiro atoms. The van der Waals surface area contributed by atoms with Gasteiger partial charge < -0.3 is 34.5 Å². The minimum Gasteiger partial charge on any atom is -0.497 e. The van der Waals surface area contributed by atoms with Gasteiger partial charge in [-0.15, -0.1) is 0 Å². The second-order valence-corrected chi connectivity index (χ2v) is 9.07. The van der Waals surface area contributed by atoms with E-state index in [1.54, 1.807) is 41.3 Å². The number of fused-ring (bicyclic) bond motifs is 7. The Kier molecular flexibility index (Phi) is 7.52. The lowest BCUT2D eigenvalue weighted by atomic mass is 10.1. The Hall–Kier alpha value is -3.95. The lowest BCUT2D eigenvalue weighted by Crippen LogP contribution is -2.45. The van der Waals surface area contributed by atoms with Crippen molar-refractivity contribution in [3.63, 3.8) is 0 Å². The van der Waals surface area contributed by atoms with Crippen molar-refractivity contribution in [2.45, 2.75) is 32.5 Å². The number of hydrogen-bond acceptors (Lipinski definition) is 7. The molecule has 4 bridgehead atoms. The highest BCUT2D eigenvalue weighted by molar-refractivity contribution is 5.95. The van der Waals surface area contributed by atoms with E-state index in [1.165, 1.54) is 14.2 Å². The Morgan fingerprint density at radius 1 is 1.06 bits per heavy atom. The number of benzene rings is 2. The summed E-state index contributed by atoms with van der Waals surface area (Å²) >= 11 is 0. The van der Waals surface area contributed by atoms with Gasteiger partial charge in [0.1, 0.15) is 29.1 Å². The third kappa shape index (κ3) is 5.64. The summed E-state index contributed by atoms with van der Waals surface area (Å²) in [7, 11) is 3.02. The highest BCUT2D eigenvalue weighted by Gasteiger charge is 2.38. The molecule has 10 nitrogen and oxygen atoms in total. The number of carbonyl (C=O) groups excluding carboxylic acids is 3. The number of likely N-dealkylation sites (tertiary alicyclic amines) is 1. The molecule has 2 atom stereocenters. The molecule has 2 aromatic rings. The average Bonchev–Trinajstić information content (AvgIpc) is 3.26. The molecule has 0 unspecified atom stereocenters. The maximum atomic E-state index is 13.3. The van der Waals surface area contributed by atoms with Crippen LogP contribution in [-0.2, 0) is 16.1 Å². The van der Waals surface area contributed by atoms with Gasteiger partial charge in [0, 0.05) is 42.3 Å². The van der Waals surface area contributed by atoms with Gasteiger partial charge in [-0.05, 0) is 24.3 Å². The molecule has 3 aliphatic heterocycles. The van der Waals surface area contributed by atoms with E-state index in [2.05, 4.69) is 10.6 Å². The van der Waals surface area contributed by atoms with Crippen LogP contribution < -0.4 is 29.6 Å². The minimum atomic E-state index is -0.482. The Morgan fingerprint density at radius 3 is 2.58 bits per heavy atom. The monoisotopic (exact) mass is 497 g/mol. The molecule has 0 aromatic heterocycles. The Morgan fingerprint density at radius 2 is 1.86 bits per heavy atom. The fourth-order valence-electron chi connectivity index (χ4n) is 4.25. The van der Waals surface area contributed by atoms with E-state index in [0.29, 0.717) is 41.7 Å². The predicted octanol–water partition coefficient (Wildman–Crippen LogP) is 1.76. The van der Waals surface area contributed by atoms with E-state index in [-0.39, 0.29) is 36.8 Å². The zero-order valence-electron chi connectivity index (χ0n) is 20.8. The molecular formula is C26H31N3O7. The maximum absolute atomic E-state index is 13.3. The van der Waals surface area contributed by atoms with Crippen molar-refractivity contribution in [3.8, 4) is 23.0 Å². The van der Waals surface area contributed by atoms with Crippen LogP contribution in [0.3, 0.4) is 0 Å². The molecule has 1 saturated heterocycles. The van der Waals surface area contributed by atoms with Crippen LogP contribution >= 0.6 is 0 Å². The summed E-state index contributed by atoms with van der Waals surface area (Å²) in [5.74, 6) is 0.897. The number of carbonyl (C=O) groups is 3. The van der Waals surface area contributed by atoms with Crippen LogP contribution in [0.2, 0.25) is 0 Å². The standard InChI is InChI=1S/C26H31N3O7/c1-15(2)26(32)29-12-21-23(13-29)36-18-6-5-16(22(10-18)34-4)11-27-24(30)14-35-20-8-17(25(31)28-21)7-19(9-20)33-3/h5-10,15,21,23H,11-14H2,1-4H3,(H,27,30)(H,28,31)/t21-,23-/m0/s1. The Labute approximate surface area is 209 Å². The van der Waals surface area contributed by atoms with E-state index in [4.69, 9.17) is 18.9 Å². The van der Waals surface area contributed by atoms with Gasteiger partial charge in [0.15, 0.2) is 6.61 Å². The summed E-state index contributed by atoms with van der Waals surface area (Å²) in [5.41, 5.74) is 1.06. The third-order valence-corrected chi connectivity index (χ3v) is 6.16. The van der Waals surface area contributed by atoms with Crippen LogP contribution in [0.4, 0.5) is 0 Å². The molecule has 10 heteroatoms. The van der Waals surface area contributed by atoms with Crippen molar-refractivity contribution < 1.29 is 33.3 Å². The molecule has 3 amide bonds. The first-order chi connectivity index (χ1) is 17.3. The molecule has 2 aromatic carbocycles. The maximum Gasteiger partial charge on any atom is 0.258 e. The number of ether oxygens (including phenoxy) is 4. The van der Waals surface area contributed by atoms with Gasteiger partial charge in [-0.25, -0.2) is 0 Å².